The first-order valence-corrected chi connectivity index (χ1v) is 12.4. The van der Waals surface area contributed by atoms with Crippen molar-refractivity contribution in [2.75, 3.05) is 36.4 Å². The minimum absolute atomic E-state index is 0.0288. The third-order valence-corrected chi connectivity index (χ3v) is 6.21. The number of carbonyl (C=O) groups excluding carboxylic acids is 3. The Labute approximate surface area is 211 Å². The number of piperazine rings is 1. The van der Waals surface area contributed by atoms with E-state index in [1.165, 1.54) is 12.1 Å². The second-order valence-corrected chi connectivity index (χ2v) is 10.5. The van der Waals surface area contributed by atoms with Gasteiger partial charge in [-0.15, -0.1) is 0 Å². The summed E-state index contributed by atoms with van der Waals surface area (Å²) in [6.45, 7) is 8.28. The molecule has 0 atom stereocenters. The van der Waals surface area contributed by atoms with Crippen molar-refractivity contribution in [1.29, 1.82) is 0 Å². The summed E-state index contributed by atoms with van der Waals surface area (Å²) < 4.78 is 13.2. The number of nitrogens with zero attached hydrogens (tertiary/aromatic N) is 2. The van der Waals surface area contributed by atoms with Crippen LogP contribution < -0.4 is 20.9 Å². The van der Waals surface area contributed by atoms with Crippen LogP contribution in [0.3, 0.4) is 0 Å². The minimum atomic E-state index is -0.332. The summed E-state index contributed by atoms with van der Waals surface area (Å²) in [5.74, 6) is -0.599. The normalized spacial score (nSPS) is 15.9. The molecule has 0 spiro atoms. The lowest BCUT2D eigenvalue weighted by Crippen LogP contribution is -2.55. The molecule has 8 nitrogen and oxygen atoms in total. The van der Waals surface area contributed by atoms with E-state index in [2.05, 4.69) is 20.9 Å². The van der Waals surface area contributed by atoms with E-state index in [0.717, 1.165) is 24.1 Å². The highest BCUT2D eigenvalue weighted by Gasteiger charge is 2.30. The average Bonchev–Trinajstić information content (AvgIpc) is 3.68. The third kappa shape index (κ3) is 6.74. The number of halogens is 1. The van der Waals surface area contributed by atoms with E-state index in [4.69, 9.17) is 0 Å². The van der Waals surface area contributed by atoms with Crippen molar-refractivity contribution in [2.24, 2.45) is 5.92 Å². The smallest absolute Gasteiger partial charge is 0.317 e. The first-order valence-electron chi connectivity index (χ1n) is 12.4. The van der Waals surface area contributed by atoms with Gasteiger partial charge < -0.3 is 25.8 Å². The van der Waals surface area contributed by atoms with E-state index >= 15 is 0 Å². The zero-order valence-corrected chi connectivity index (χ0v) is 21.1. The van der Waals surface area contributed by atoms with Crippen molar-refractivity contribution < 1.29 is 18.8 Å². The van der Waals surface area contributed by atoms with E-state index in [9.17, 15) is 18.8 Å². The summed E-state index contributed by atoms with van der Waals surface area (Å²) in [6, 6.07) is 11.2. The third-order valence-electron chi connectivity index (χ3n) is 6.21. The summed E-state index contributed by atoms with van der Waals surface area (Å²) in [6.07, 6.45) is 1.78. The monoisotopic (exact) mass is 495 g/mol. The molecule has 0 radical (unpaired) electrons. The second kappa shape index (κ2) is 10.6. The molecule has 1 heterocycles. The number of urea groups is 1. The van der Waals surface area contributed by atoms with Crippen LogP contribution in [-0.2, 0) is 11.3 Å². The van der Waals surface area contributed by atoms with Gasteiger partial charge in [0.05, 0.1) is 5.56 Å². The number of hydrogen-bond donors (Lipinski definition) is 3. The number of carbonyl (C=O) groups is 3. The van der Waals surface area contributed by atoms with Crippen LogP contribution in [0.5, 0.6) is 0 Å². The first kappa shape index (κ1) is 25.5. The van der Waals surface area contributed by atoms with Gasteiger partial charge in [-0.1, -0.05) is 12.1 Å². The quantitative estimate of drug-likeness (QED) is 0.569. The Hall–Kier alpha value is -3.62. The molecule has 2 fully saturated rings. The molecule has 2 aromatic carbocycles. The van der Waals surface area contributed by atoms with Crippen LogP contribution in [0.1, 0.15) is 49.5 Å². The minimum Gasteiger partial charge on any atom is -0.367 e. The van der Waals surface area contributed by atoms with E-state index < -0.39 is 0 Å². The SMILES string of the molecule is CC(C)(C)NC(=O)N1CCN(c2ccc(NC(=O)C3CC3)cc2C(=O)NCc2ccc(F)cc2)CC1. The molecular formula is C27H34FN5O3. The van der Waals surface area contributed by atoms with Crippen molar-refractivity contribution in [2.45, 2.75) is 45.7 Å². The van der Waals surface area contributed by atoms with Gasteiger partial charge in [0.2, 0.25) is 5.91 Å². The molecular weight excluding hydrogens is 461 g/mol. The van der Waals surface area contributed by atoms with Gasteiger partial charge in [-0.3, -0.25) is 9.59 Å². The highest BCUT2D eigenvalue weighted by Crippen LogP contribution is 2.31. The lowest BCUT2D eigenvalue weighted by atomic mass is 10.1. The molecule has 0 unspecified atom stereocenters. The largest absolute Gasteiger partial charge is 0.367 e. The van der Waals surface area contributed by atoms with Crippen LogP contribution >= 0.6 is 0 Å². The van der Waals surface area contributed by atoms with Gasteiger partial charge in [0.15, 0.2) is 0 Å². The molecule has 1 aliphatic carbocycles. The molecule has 0 bridgehead atoms. The number of benzene rings is 2. The molecule has 1 aliphatic heterocycles. The van der Waals surface area contributed by atoms with E-state index in [1.807, 2.05) is 32.9 Å². The van der Waals surface area contributed by atoms with Crippen molar-refractivity contribution in [3.63, 3.8) is 0 Å². The van der Waals surface area contributed by atoms with Crippen molar-refractivity contribution >= 4 is 29.2 Å². The fourth-order valence-corrected chi connectivity index (χ4v) is 4.09. The second-order valence-electron chi connectivity index (χ2n) is 10.5. The van der Waals surface area contributed by atoms with Gasteiger partial charge in [-0.2, -0.15) is 0 Å². The molecule has 9 heteroatoms. The number of amides is 4. The molecule has 36 heavy (non-hydrogen) atoms. The zero-order valence-electron chi connectivity index (χ0n) is 21.1. The molecule has 0 aromatic heterocycles. The van der Waals surface area contributed by atoms with Crippen LogP contribution in [-0.4, -0.2) is 54.5 Å². The fourth-order valence-electron chi connectivity index (χ4n) is 4.09. The number of rotatable bonds is 6. The summed E-state index contributed by atoms with van der Waals surface area (Å²) in [7, 11) is 0. The maximum absolute atomic E-state index is 13.3. The topological polar surface area (TPSA) is 93.8 Å². The fraction of sp³-hybridized carbons (Fsp3) is 0.444. The highest BCUT2D eigenvalue weighted by atomic mass is 19.1. The van der Waals surface area contributed by atoms with Gasteiger partial charge in [-0.25, -0.2) is 9.18 Å². The molecule has 2 aromatic rings. The summed E-state index contributed by atoms with van der Waals surface area (Å²) in [5.41, 5.74) is 2.23. The Morgan fingerprint density at radius 2 is 1.64 bits per heavy atom. The Morgan fingerprint density at radius 1 is 0.972 bits per heavy atom. The maximum Gasteiger partial charge on any atom is 0.317 e. The van der Waals surface area contributed by atoms with Crippen LogP contribution in [0.25, 0.3) is 0 Å². The van der Waals surface area contributed by atoms with Crippen LogP contribution in [0.4, 0.5) is 20.6 Å². The number of anilines is 2. The highest BCUT2D eigenvalue weighted by molar-refractivity contribution is 6.02. The van der Waals surface area contributed by atoms with Gasteiger partial charge in [0, 0.05) is 55.6 Å². The van der Waals surface area contributed by atoms with Crippen LogP contribution in [0, 0.1) is 11.7 Å². The summed E-state index contributed by atoms with van der Waals surface area (Å²) in [4.78, 5) is 42.0. The van der Waals surface area contributed by atoms with E-state index in [0.29, 0.717) is 37.4 Å². The summed E-state index contributed by atoms with van der Waals surface area (Å²) >= 11 is 0. The van der Waals surface area contributed by atoms with E-state index in [1.54, 1.807) is 23.1 Å². The maximum atomic E-state index is 13.3. The Bertz CT molecular complexity index is 1120. The number of nitrogens with one attached hydrogen (secondary N) is 3. The van der Waals surface area contributed by atoms with Crippen LogP contribution in [0.2, 0.25) is 0 Å². The zero-order chi connectivity index (χ0) is 25.9. The van der Waals surface area contributed by atoms with Gasteiger partial charge >= 0.3 is 6.03 Å². The Kier molecular flexibility index (Phi) is 7.47. The molecule has 2 aliphatic rings. The number of hydrogen-bond acceptors (Lipinski definition) is 4. The standard InChI is InChI=1S/C27H34FN5O3/c1-27(2,3)31-26(36)33-14-12-32(13-15-33)23-11-10-21(30-24(34)19-6-7-19)16-22(23)25(35)29-17-18-4-8-20(28)9-5-18/h4-5,8-11,16,19H,6-7,12-15,17H2,1-3H3,(H,29,35)(H,30,34)(H,31,36). The molecule has 192 valence electrons. The van der Waals surface area contributed by atoms with E-state index in [-0.39, 0.29) is 41.7 Å². The lowest BCUT2D eigenvalue weighted by molar-refractivity contribution is -0.117. The van der Waals surface area contributed by atoms with Gasteiger partial charge in [0.1, 0.15) is 5.82 Å². The van der Waals surface area contributed by atoms with Crippen molar-refractivity contribution in [3.8, 4) is 0 Å². The first-order chi connectivity index (χ1) is 17.1. The van der Waals surface area contributed by atoms with Crippen molar-refractivity contribution in [3.05, 3.63) is 59.4 Å². The molecule has 4 rings (SSSR count). The lowest BCUT2D eigenvalue weighted by Gasteiger charge is -2.38. The average molecular weight is 496 g/mol. The van der Waals surface area contributed by atoms with Gasteiger partial charge in [0.25, 0.3) is 5.91 Å². The molecule has 4 amide bonds. The predicted octanol–water partition coefficient (Wildman–Crippen LogP) is 3.73. The predicted molar refractivity (Wildman–Crippen MR) is 137 cm³/mol. The van der Waals surface area contributed by atoms with Gasteiger partial charge in [-0.05, 0) is 69.5 Å². The molecule has 1 saturated heterocycles. The summed E-state index contributed by atoms with van der Waals surface area (Å²) in [5, 5.41) is 8.81. The van der Waals surface area contributed by atoms with Crippen molar-refractivity contribution in [1.82, 2.24) is 15.5 Å². The molecule has 3 N–H and O–H groups in total. The Morgan fingerprint density at radius 3 is 2.25 bits per heavy atom. The molecule has 1 saturated carbocycles. The Balaban J connectivity index is 1.48. The van der Waals surface area contributed by atoms with Crippen LogP contribution in [0.15, 0.2) is 42.5 Å².